The molecule has 0 aliphatic heterocycles. The van der Waals surface area contributed by atoms with Gasteiger partial charge in [0.2, 0.25) is 0 Å². The standard InChI is InChI=1S/C10H7ClF3NO/c1-6(16)2-3-7-4-5-8(10(12,13)14)15-9(7)11/h2-5H,1H3/b3-2+. The van der Waals surface area contributed by atoms with Crippen LogP contribution in [0.2, 0.25) is 5.15 Å². The number of hydrogen-bond donors (Lipinski definition) is 0. The van der Waals surface area contributed by atoms with Gasteiger partial charge < -0.3 is 0 Å². The average Bonchev–Trinajstić information content (AvgIpc) is 2.14. The molecular formula is C10H7ClF3NO. The van der Waals surface area contributed by atoms with Crippen molar-refractivity contribution >= 4 is 23.5 Å². The van der Waals surface area contributed by atoms with Gasteiger partial charge in [-0.1, -0.05) is 11.6 Å². The highest BCUT2D eigenvalue weighted by molar-refractivity contribution is 6.30. The third kappa shape index (κ3) is 3.34. The first-order chi connectivity index (χ1) is 7.30. The van der Waals surface area contributed by atoms with Crippen LogP contribution in [-0.4, -0.2) is 10.8 Å². The molecule has 0 unspecified atom stereocenters. The minimum atomic E-state index is -4.52. The Hall–Kier alpha value is -1.36. The van der Waals surface area contributed by atoms with Crippen molar-refractivity contribution in [2.45, 2.75) is 13.1 Å². The number of aromatic nitrogens is 1. The van der Waals surface area contributed by atoms with Gasteiger partial charge in [-0.3, -0.25) is 4.79 Å². The number of rotatable bonds is 2. The predicted molar refractivity (Wildman–Crippen MR) is 54.0 cm³/mol. The van der Waals surface area contributed by atoms with E-state index in [4.69, 9.17) is 11.6 Å². The maximum atomic E-state index is 12.2. The monoisotopic (exact) mass is 249 g/mol. The zero-order valence-corrected chi connectivity index (χ0v) is 8.93. The normalized spacial score (nSPS) is 12.1. The average molecular weight is 250 g/mol. The molecule has 0 saturated carbocycles. The molecule has 1 rings (SSSR count). The van der Waals surface area contributed by atoms with Crippen LogP contribution in [-0.2, 0) is 11.0 Å². The van der Waals surface area contributed by atoms with Gasteiger partial charge in [0.05, 0.1) is 0 Å². The Morgan fingerprint density at radius 3 is 2.50 bits per heavy atom. The number of pyridine rings is 1. The number of nitrogens with zero attached hydrogens (tertiary/aromatic N) is 1. The van der Waals surface area contributed by atoms with Gasteiger partial charge in [0, 0.05) is 5.56 Å². The summed E-state index contributed by atoms with van der Waals surface area (Å²) in [5, 5.41) is -0.285. The summed E-state index contributed by atoms with van der Waals surface area (Å²) in [6.07, 6.45) is -2.00. The van der Waals surface area contributed by atoms with Crippen molar-refractivity contribution in [2.24, 2.45) is 0 Å². The van der Waals surface area contributed by atoms with Crippen molar-refractivity contribution in [3.8, 4) is 0 Å². The molecular weight excluding hydrogens is 243 g/mol. The molecule has 16 heavy (non-hydrogen) atoms. The van der Waals surface area contributed by atoms with Gasteiger partial charge in [-0.15, -0.1) is 0 Å². The van der Waals surface area contributed by atoms with E-state index in [1.165, 1.54) is 19.1 Å². The molecule has 0 radical (unpaired) electrons. The summed E-state index contributed by atoms with van der Waals surface area (Å²) in [6.45, 7) is 1.32. The van der Waals surface area contributed by atoms with Gasteiger partial charge in [0.15, 0.2) is 5.78 Å². The lowest BCUT2D eigenvalue weighted by Gasteiger charge is -2.06. The Bertz CT molecular complexity index is 440. The number of carbonyl (C=O) groups is 1. The lowest BCUT2D eigenvalue weighted by Crippen LogP contribution is -2.08. The second-order valence-corrected chi connectivity index (χ2v) is 3.38. The summed E-state index contributed by atoms with van der Waals surface area (Å²) in [4.78, 5) is 13.8. The third-order valence-electron chi connectivity index (χ3n) is 1.67. The van der Waals surface area contributed by atoms with E-state index in [0.717, 1.165) is 12.1 Å². The fourth-order valence-electron chi connectivity index (χ4n) is 0.934. The maximum Gasteiger partial charge on any atom is 0.433 e. The van der Waals surface area contributed by atoms with Gasteiger partial charge in [0.1, 0.15) is 10.8 Å². The highest BCUT2D eigenvalue weighted by atomic mass is 35.5. The lowest BCUT2D eigenvalue weighted by atomic mass is 10.2. The molecule has 0 aliphatic rings. The molecule has 2 nitrogen and oxygen atoms in total. The zero-order valence-electron chi connectivity index (χ0n) is 8.18. The SMILES string of the molecule is CC(=O)/C=C/c1ccc(C(F)(F)F)nc1Cl. The van der Waals surface area contributed by atoms with Crippen LogP contribution in [0.15, 0.2) is 18.2 Å². The summed E-state index contributed by atoms with van der Waals surface area (Å²) < 4.78 is 36.7. The minimum absolute atomic E-state index is 0.226. The Kier molecular flexibility index (Phi) is 3.70. The van der Waals surface area contributed by atoms with Crippen LogP contribution >= 0.6 is 11.6 Å². The molecule has 86 valence electrons. The van der Waals surface area contributed by atoms with E-state index in [1.807, 2.05) is 0 Å². The highest BCUT2D eigenvalue weighted by Gasteiger charge is 2.32. The number of halogens is 4. The minimum Gasteiger partial charge on any atom is -0.295 e. The number of carbonyl (C=O) groups excluding carboxylic acids is 1. The van der Waals surface area contributed by atoms with Crippen molar-refractivity contribution in [3.63, 3.8) is 0 Å². The number of hydrogen-bond acceptors (Lipinski definition) is 2. The lowest BCUT2D eigenvalue weighted by molar-refractivity contribution is -0.141. The molecule has 0 fully saturated rings. The molecule has 1 heterocycles. The molecule has 0 aromatic carbocycles. The van der Waals surface area contributed by atoms with E-state index >= 15 is 0 Å². The Balaban J connectivity index is 3.05. The number of allylic oxidation sites excluding steroid dienone is 1. The molecule has 1 aromatic rings. The summed E-state index contributed by atoms with van der Waals surface area (Å²) in [6, 6.07) is 1.98. The fourth-order valence-corrected chi connectivity index (χ4v) is 1.15. The van der Waals surface area contributed by atoms with Crippen molar-refractivity contribution < 1.29 is 18.0 Å². The van der Waals surface area contributed by atoms with Crippen LogP contribution in [0.5, 0.6) is 0 Å². The molecule has 0 spiro atoms. The zero-order chi connectivity index (χ0) is 12.3. The van der Waals surface area contributed by atoms with Crippen LogP contribution in [0.1, 0.15) is 18.2 Å². The van der Waals surface area contributed by atoms with Gasteiger partial charge in [-0.25, -0.2) is 4.98 Å². The first-order valence-corrected chi connectivity index (χ1v) is 4.61. The van der Waals surface area contributed by atoms with Crippen molar-refractivity contribution in [3.05, 3.63) is 34.6 Å². The van der Waals surface area contributed by atoms with E-state index < -0.39 is 11.9 Å². The number of ketones is 1. The first-order valence-electron chi connectivity index (χ1n) is 4.23. The van der Waals surface area contributed by atoms with Crippen LogP contribution in [0.3, 0.4) is 0 Å². The topological polar surface area (TPSA) is 30.0 Å². The van der Waals surface area contributed by atoms with Crippen LogP contribution in [0.25, 0.3) is 6.08 Å². The molecule has 0 amide bonds. The molecule has 1 aromatic heterocycles. The van der Waals surface area contributed by atoms with Gasteiger partial charge >= 0.3 is 6.18 Å². The summed E-state index contributed by atoms with van der Waals surface area (Å²) in [5.41, 5.74) is -0.789. The van der Waals surface area contributed by atoms with E-state index in [0.29, 0.717) is 0 Å². The summed E-state index contributed by atoms with van der Waals surface area (Å²) in [7, 11) is 0. The Morgan fingerprint density at radius 2 is 2.06 bits per heavy atom. The van der Waals surface area contributed by atoms with Gasteiger partial charge in [-0.2, -0.15) is 13.2 Å². The van der Waals surface area contributed by atoms with Crippen LogP contribution in [0, 0.1) is 0 Å². The smallest absolute Gasteiger partial charge is 0.295 e. The highest BCUT2D eigenvalue weighted by Crippen LogP contribution is 2.29. The van der Waals surface area contributed by atoms with E-state index in [1.54, 1.807) is 0 Å². The summed E-state index contributed by atoms with van der Waals surface area (Å²) in [5.74, 6) is -0.226. The summed E-state index contributed by atoms with van der Waals surface area (Å²) >= 11 is 5.55. The third-order valence-corrected chi connectivity index (χ3v) is 1.97. The number of alkyl halides is 3. The largest absolute Gasteiger partial charge is 0.433 e. The maximum absolute atomic E-state index is 12.2. The van der Waals surface area contributed by atoms with Crippen LogP contribution in [0.4, 0.5) is 13.2 Å². The predicted octanol–water partition coefficient (Wildman–Crippen LogP) is 3.36. The molecule has 0 atom stereocenters. The fraction of sp³-hybridized carbons (Fsp3) is 0.200. The Labute approximate surface area is 94.7 Å². The molecule has 6 heteroatoms. The van der Waals surface area contributed by atoms with Gasteiger partial charge in [0.25, 0.3) is 0 Å². The van der Waals surface area contributed by atoms with Crippen molar-refractivity contribution in [1.82, 2.24) is 4.98 Å². The van der Waals surface area contributed by atoms with E-state index in [-0.39, 0.29) is 16.5 Å². The van der Waals surface area contributed by atoms with Gasteiger partial charge in [-0.05, 0) is 31.2 Å². The second-order valence-electron chi connectivity index (χ2n) is 3.02. The van der Waals surface area contributed by atoms with E-state index in [2.05, 4.69) is 4.98 Å². The van der Waals surface area contributed by atoms with Crippen molar-refractivity contribution in [2.75, 3.05) is 0 Å². The molecule has 0 bridgehead atoms. The molecule has 0 N–H and O–H groups in total. The first kappa shape index (κ1) is 12.7. The van der Waals surface area contributed by atoms with E-state index in [9.17, 15) is 18.0 Å². The quantitative estimate of drug-likeness (QED) is 0.594. The van der Waals surface area contributed by atoms with Crippen molar-refractivity contribution in [1.29, 1.82) is 0 Å². The molecule has 0 saturated heterocycles. The van der Waals surface area contributed by atoms with Crippen LogP contribution < -0.4 is 0 Å². The molecule has 0 aliphatic carbocycles. The second kappa shape index (κ2) is 4.65. The Morgan fingerprint density at radius 1 is 1.44 bits per heavy atom.